The Morgan fingerprint density at radius 2 is 1.92 bits per heavy atom. The smallest absolute Gasteiger partial charge is 0.339 e. The van der Waals surface area contributed by atoms with Gasteiger partial charge in [0.2, 0.25) is 5.91 Å². The van der Waals surface area contributed by atoms with Crippen LogP contribution in [-0.2, 0) is 15.6 Å². The van der Waals surface area contributed by atoms with Crippen LogP contribution in [0.4, 0.5) is 18.9 Å². The first-order valence-corrected chi connectivity index (χ1v) is 9.59. The van der Waals surface area contributed by atoms with Gasteiger partial charge in [0, 0.05) is 37.1 Å². The summed E-state index contributed by atoms with van der Waals surface area (Å²) in [4.78, 5) is 25.4. The number of hydrogen-bond acceptors (Lipinski definition) is 6. The number of nitrogens with zero attached hydrogens (tertiary/aromatic N) is 3. The average Bonchev–Trinajstić information content (AvgIpc) is 2.53. The molecular formula is C14H16F3N3O4S2. The molecule has 1 saturated heterocycles. The van der Waals surface area contributed by atoms with Crippen LogP contribution in [0, 0.1) is 10.1 Å². The number of thioether (sulfide) groups is 1. The van der Waals surface area contributed by atoms with Gasteiger partial charge >= 0.3 is 5.51 Å². The van der Waals surface area contributed by atoms with Crippen LogP contribution in [0.25, 0.3) is 0 Å². The molecule has 1 atom stereocenters. The summed E-state index contributed by atoms with van der Waals surface area (Å²) in [5.41, 5.74) is -5.28. The Morgan fingerprint density at radius 3 is 2.46 bits per heavy atom. The summed E-state index contributed by atoms with van der Waals surface area (Å²) in [6.07, 6.45) is 0. The van der Waals surface area contributed by atoms with E-state index in [1.165, 1.54) is 4.90 Å². The van der Waals surface area contributed by atoms with Crippen LogP contribution in [0.15, 0.2) is 28.0 Å². The number of amides is 1. The third-order valence-corrected chi connectivity index (χ3v) is 5.78. The van der Waals surface area contributed by atoms with Crippen LogP contribution < -0.4 is 0 Å². The lowest BCUT2D eigenvalue weighted by Crippen LogP contribution is -2.48. The van der Waals surface area contributed by atoms with Crippen molar-refractivity contribution in [3.63, 3.8) is 0 Å². The first-order chi connectivity index (χ1) is 12.1. The summed E-state index contributed by atoms with van der Waals surface area (Å²) in [5, 5.41) is 11.1. The van der Waals surface area contributed by atoms with Crippen molar-refractivity contribution in [2.24, 2.45) is 0 Å². The maximum atomic E-state index is 12.4. The third kappa shape index (κ3) is 5.68. The molecule has 1 unspecified atom stereocenters. The number of benzene rings is 1. The molecular weight excluding hydrogens is 395 g/mol. The van der Waals surface area contributed by atoms with Gasteiger partial charge in [-0.2, -0.15) is 13.2 Å². The van der Waals surface area contributed by atoms with Gasteiger partial charge in [-0.05, 0) is 30.9 Å². The average molecular weight is 411 g/mol. The molecule has 0 aromatic heterocycles. The SMILES string of the molecule is CN1CCN(C(=O)CS(=O)c2ccc(SC(F)(F)F)cc2[N+](=O)[O-])CC1. The lowest BCUT2D eigenvalue weighted by atomic mass is 10.3. The van der Waals surface area contributed by atoms with E-state index in [0.29, 0.717) is 26.2 Å². The first kappa shape index (κ1) is 20.6. The van der Waals surface area contributed by atoms with E-state index in [-0.39, 0.29) is 9.79 Å². The fraction of sp³-hybridized carbons (Fsp3) is 0.500. The molecule has 1 aromatic carbocycles. The molecule has 1 aromatic rings. The fourth-order valence-electron chi connectivity index (χ4n) is 2.37. The number of rotatable bonds is 5. The van der Waals surface area contributed by atoms with Gasteiger partial charge in [-0.1, -0.05) is 0 Å². The molecule has 0 saturated carbocycles. The number of alkyl halides is 3. The maximum absolute atomic E-state index is 12.4. The van der Waals surface area contributed by atoms with Gasteiger partial charge in [-0.15, -0.1) is 0 Å². The summed E-state index contributed by atoms with van der Waals surface area (Å²) in [6.45, 7) is 2.27. The number of nitro groups is 1. The van der Waals surface area contributed by atoms with Crippen molar-refractivity contribution >= 4 is 34.2 Å². The van der Waals surface area contributed by atoms with Crippen molar-refractivity contribution in [2.75, 3.05) is 39.0 Å². The predicted molar refractivity (Wildman–Crippen MR) is 90.4 cm³/mol. The van der Waals surface area contributed by atoms with Crippen molar-refractivity contribution in [2.45, 2.75) is 15.3 Å². The van der Waals surface area contributed by atoms with Crippen LogP contribution in [-0.4, -0.2) is 69.3 Å². The molecule has 144 valence electrons. The summed E-state index contributed by atoms with van der Waals surface area (Å²) in [6, 6.07) is 2.75. The van der Waals surface area contributed by atoms with Crippen LogP contribution in [0.2, 0.25) is 0 Å². The number of likely N-dealkylation sites (N-methyl/N-ethyl adjacent to an activating group) is 1. The van der Waals surface area contributed by atoms with E-state index in [9.17, 15) is 32.3 Å². The number of carbonyl (C=O) groups is 1. The third-order valence-electron chi connectivity index (χ3n) is 3.72. The molecule has 0 spiro atoms. The summed E-state index contributed by atoms with van der Waals surface area (Å²) < 4.78 is 49.7. The second-order valence-electron chi connectivity index (χ2n) is 5.61. The zero-order chi connectivity index (χ0) is 19.5. The van der Waals surface area contributed by atoms with Crippen molar-refractivity contribution in [3.05, 3.63) is 28.3 Å². The highest BCUT2D eigenvalue weighted by atomic mass is 32.2. The number of piperazine rings is 1. The lowest BCUT2D eigenvalue weighted by molar-refractivity contribution is -0.388. The highest BCUT2D eigenvalue weighted by molar-refractivity contribution is 8.00. The van der Waals surface area contributed by atoms with Gasteiger partial charge in [0.25, 0.3) is 5.69 Å². The molecule has 0 aliphatic carbocycles. The Bertz CT molecular complexity index is 722. The largest absolute Gasteiger partial charge is 0.446 e. The molecule has 1 aliphatic heterocycles. The zero-order valence-electron chi connectivity index (χ0n) is 13.7. The Labute approximate surface area is 154 Å². The second-order valence-corrected chi connectivity index (χ2v) is 8.17. The molecule has 1 aliphatic rings. The number of hydrogen-bond donors (Lipinski definition) is 0. The van der Waals surface area contributed by atoms with E-state index < -0.39 is 50.3 Å². The molecule has 0 radical (unpaired) electrons. The van der Waals surface area contributed by atoms with E-state index in [2.05, 4.69) is 0 Å². The van der Waals surface area contributed by atoms with Crippen LogP contribution in [0.1, 0.15) is 0 Å². The molecule has 12 heteroatoms. The van der Waals surface area contributed by atoms with Crippen molar-refractivity contribution < 1.29 is 27.1 Å². The van der Waals surface area contributed by atoms with Gasteiger partial charge in [-0.25, -0.2) is 0 Å². The molecule has 0 N–H and O–H groups in total. The topological polar surface area (TPSA) is 83.8 Å². The lowest BCUT2D eigenvalue weighted by Gasteiger charge is -2.32. The predicted octanol–water partition coefficient (Wildman–Crippen LogP) is 2.09. The summed E-state index contributed by atoms with van der Waals surface area (Å²) in [5.74, 6) is -0.851. The van der Waals surface area contributed by atoms with Crippen molar-refractivity contribution in [1.29, 1.82) is 0 Å². The molecule has 1 amide bonds. The van der Waals surface area contributed by atoms with E-state index in [0.717, 1.165) is 18.2 Å². The highest BCUT2D eigenvalue weighted by Crippen LogP contribution is 2.39. The monoisotopic (exact) mass is 411 g/mol. The van der Waals surface area contributed by atoms with Gasteiger partial charge in [0.05, 0.1) is 15.7 Å². The number of halogens is 3. The van der Waals surface area contributed by atoms with Gasteiger partial charge in [0.1, 0.15) is 10.6 Å². The Morgan fingerprint density at radius 1 is 1.31 bits per heavy atom. The van der Waals surface area contributed by atoms with Crippen LogP contribution >= 0.6 is 11.8 Å². The molecule has 0 bridgehead atoms. The first-order valence-electron chi connectivity index (χ1n) is 7.45. The van der Waals surface area contributed by atoms with E-state index in [1.807, 2.05) is 11.9 Å². The van der Waals surface area contributed by atoms with Crippen LogP contribution in [0.5, 0.6) is 0 Å². The second kappa shape index (κ2) is 8.35. The maximum Gasteiger partial charge on any atom is 0.446 e. The fourth-order valence-corrected chi connectivity index (χ4v) is 4.09. The molecule has 1 heterocycles. The summed E-state index contributed by atoms with van der Waals surface area (Å²) in [7, 11) is -0.118. The van der Waals surface area contributed by atoms with E-state index in [1.54, 1.807) is 0 Å². The minimum absolute atomic E-state index is 0.260. The Hall–Kier alpha value is -1.66. The Kier molecular flexibility index (Phi) is 6.64. The van der Waals surface area contributed by atoms with Gasteiger partial charge in [0.15, 0.2) is 0 Å². The van der Waals surface area contributed by atoms with Gasteiger partial charge < -0.3 is 9.80 Å². The number of nitro benzene ring substituents is 1. The molecule has 7 nitrogen and oxygen atoms in total. The van der Waals surface area contributed by atoms with Crippen LogP contribution in [0.3, 0.4) is 0 Å². The molecule has 1 fully saturated rings. The van der Waals surface area contributed by atoms with E-state index in [4.69, 9.17) is 0 Å². The molecule has 26 heavy (non-hydrogen) atoms. The highest BCUT2D eigenvalue weighted by Gasteiger charge is 2.31. The summed E-state index contributed by atoms with van der Waals surface area (Å²) >= 11 is -0.494. The molecule has 2 rings (SSSR count). The quantitative estimate of drug-likeness (QED) is 0.419. The Balaban J connectivity index is 2.14. The van der Waals surface area contributed by atoms with Crippen molar-refractivity contribution in [3.8, 4) is 0 Å². The normalized spacial score (nSPS) is 17.2. The van der Waals surface area contributed by atoms with E-state index >= 15 is 0 Å². The van der Waals surface area contributed by atoms with Gasteiger partial charge in [-0.3, -0.25) is 19.1 Å². The van der Waals surface area contributed by atoms with Crippen molar-refractivity contribution in [1.82, 2.24) is 9.80 Å². The minimum atomic E-state index is -4.59. The zero-order valence-corrected chi connectivity index (χ0v) is 15.3. The minimum Gasteiger partial charge on any atom is -0.339 e. The standard InChI is InChI=1S/C14H16F3N3O4S2/c1-18-4-6-19(7-5-18)13(21)9-26(24)12-3-2-10(25-14(15,16)17)8-11(12)20(22)23/h2-3,8H,4-7,9H2,1H3. The number of carbonyl (C=O) groups excluding carboxylic acids is 1.